The van der Waals surface area contributed by atoms with Crippen LogP contribution in [0.3, 0.4) is 0 Å². The lowest BCUT2D eigenvalue weighted by atomic mass is 9.87. The topological polar surface area (TPSA) is 44.5 Å². The predicted octanol–water partition coefficient (Wildman–Crippen LogP) is 3.18. The third-order valence-electron chi connectivity index (χ3n) is 3.99. The first-order valence-corrected chi connectivity index (χ1v) is 6.86. The predicted molar refractivity (Wildman–Crippen MR) is 72.7 cm³/mol. The summed E-state index contributed by atoms with van der Waals surface area (Å²) in [6.45, 7) is 2.56. The minimum atomic E-state index is -0.430. The third kappa shape index (κ3) is 2.74. The van der Waals surface area contributed by atoms with Gasteiger partial charge >= 0.3 is 0 Å². The standard InChI is InChI=1S/C15H22FNO2/c1-3-19-15(8-4-5-9-15)14(17)12-7-6-11(18-2)10-13(12)16/h6-7,10,14H,3-5,8-9,17H2,1-2H3. The summed E-state index contributed by atoms with van der Waals surface area (Å²) in [5.74, 6) is 0.183. The van der Waals surface area contributed by atoms with Gasteiger partial charge in [0.2, 0.25) is 0 Å². The smallest absolute Gasteiger partial charge is 0.131 e. The van der Waals surface area contributed by atoms with Crippen LogP contribution in [0.4, 0.5) is 4.39 Å². The molecule has 1 aromatic rings. The van der Waals surface area contributed by atoms with Gasteiger partial charge in [-0.05, 0) is 25.8 Å². The van der Waals surface area contributed by atoms with Crippen LogP contribution in [0.25, 0.3) is 0 Å². The Morgan fingerprint density at radius 3 is 2.58 bits per heavy atom. The van der Waals surface area contributed by atoms with Crippen LogP contribution in [0.5, 0.6) is 5.75 Å². The molecular weight excluding hydrogens is 245 g/mol. The molecule has 0 spiro atoms. The molecule has 0 radical (unpaired) electrons. The number of hydrogen-bond acceptors (Lipinski definition) is 3. The SMILES string of the molecule is CCOC1(C(N)c2ccc(OC)cc2F)CCCC1. The molecule has 1 fully saturated rings. The molecule has 1 aromatic carbocycles. The van der Waals surface area contributed by atoms with Crippen molar-refractivity contribution in [1.29, 1.82) is 0 Å². The molecule has 2 rings (SSSR count). The Morgan fingerprint density at radius 1 is 1.37 bits per heavy atom. The van der Waals surface area contributed by atoms with Gasteiger partial charge in [-0.15, -0.1) is 0 Å². The molecule has 0 bridgehead atoms. The van der Waals surface area contributed by atoms with Crippen LogP contribution in [0, 0.1) is 5.82 Å². The number of nitrogens with two attached hydrogens (primary N) is 1. The Kier molecular flexibility index (Phi) is 4.42. The van der Waals surface area contributed by atoms with Crippen molar-refractivity contribution >= 4 is 0 Å². The Balaban J connectivity index is 2.29. The zero-order chi connectivity index (χ0) is 13.9. The van der Waals surface area contributed by atoms with Crippen molar-refractivity contribution in [3.05, 3.63) is 29.6 Å². The van der Waals surface area contributed by atoms with E-state index in [2.05, 4.69) is 0 Å². The van der Waals surface area contributed by atoms with Gasteiger partial charge in [-0.25, -0.2) is 4.39 Å². The van der Waals surface area contributed by atoms with Crippen molar-refractivity contribution in [3.8, 4) is 5.75 Å². The highest BCUT2D eigenvalue weighted by molar-refractivity contribution is 5.32. The van der Waals surface area contributed by atoms with Gasteiger partial charge in [0.25, 0.3) is 0 Å². The van der Waals surface area contributed by atoms with Gasteiger partial charge in [0, 0.05) is 18.2 Å². The Bertz CT molecular complexity index is 430. The number of benzene rings is 1. The molecular formula is C15H22FNO2. The molecule has 1 aliphatic carbocycles. The minimum Gasteiger partial charge on any atom is -0.497 e. The highest BCUT2D eigenvalue weighted by atomic mass is 19.1. The maximum atomic E-state index is 14.1. The van der Waals surface area contributed by atoms with E-state index in [4.69, 9.17) is 15.2 Å². The van der Waals surface area contributed by atoms with E-state index in [-0.39, 0.29) is 5.82 Å². The van der Waals surface area contributed by atoms with Crippen molar-refractivity contribution < 1.29 is 13.9 Å². The summed E-state index contributed by atoms with van der Waals surface area (Å²) in [5.41, 5.74) is 6.41. The summed E-state index contributed by atoms with van der Waals surface area (Å²) < 4.78 is 25.0. The van der Waals surface area contributed by atoms with Crippen LogP contribution in [-0.2, 0) is 4.74 Å². The molecule has 3 nitrogen and oxygen atoms in total. The molecule has 1 saturated carbocycles. The van der Waals surface area contributed by atoms with Crippen molar-refractivity contribution in [3.63, 3.8) is 0 Å². The van der Waals surface area contributed by atoms with Gasteiger partial charge in [-0.1, -0.05) is 18.9 Å². The largest absolute Gasteiger partial charge is 0.497 e. The van der Waals surface area contributed by atoms with E-state index in [0.717, 1.165) is 25.7 Å². The lowest BCUT2D eigenvalue weighted by Crippen LogP contribution is -2.42. The second-order valence-electron chi connectivity index (χ2n) is 5.07. The average molecular weight is 267 g/mol. The van der Waals surface area contributed by atoms with Crippen LogP contribution in [0.15, 0.2) is 18.2 Å². The first kappa shape index (κ1) is 14.3. The third-order valence-corrected chi connectivity index (χ3v) is 3.99. The zero-order valence-electron chi connectivity index (χ0n) is 11.6. The molecule has 0 aromatic heterocycles. The molecule has 1 aliphatic rings. The lowest BCUT2D eigenvalue weighted by Gasteiger charge is -2.35. The lowest BCUT2D eigenvalue weighted by molar-refractivity contribution is -0.0543. The molecule has 0 amide bonds. The first-order valence-electron chi connectivity index (χ1n) is 6.86. The minimum absolute atomic E-state index is 0.321. The molecule has 0 aliphatic heterocycles. The van der Waals surface area contributed by atoms with Crippen LogP contribution in [0.2, 0.25) is 0 Å². The van der Waals surface area contributed by atoms with Gasteiger partial charge < -0.3 is 15.2 Å². The highest BCUT2D eigenvalue weighted by Gasteiger charge is 2.42. The quantitative estimate of drug-likeness (QED) is 0.891. The summed E-state index contributed by atoms with van der Waals surface area (Å²) >= 11 is 0. The van der Waals surface area contributed by atoms with Crippen LogP contribution >= 0.6 is 0 Å². The summed E-state index contributed by atoms with van der Waals surface area (Å²) in [4.78, 5) is 0. The van der Waals surface area contributed by atoms with Gasteiger partial charge in [0.15, 0.2) is 0 Å². The van der Waals surface area contributed by atoms with Crippen LogP contribution < -0.4 is 10.5 Å². The van der Waals surface area contributed by atoms with Crippen molar-refractivity contribution in [1.82, 2.24) is 0 Å². The second kappa shape index (κ2) is 5.88. The molecule has 106 valence electrons. The number of rotatable bonds is 5. The molecule has 0 heterocycles. The molecule has 19 heavy (non-hydrogen) atoms. The number of ether oxygens (including phenoxy) is 2. The Labute approximate surface area is 113 Å². The fraction of sp³-hybridized carbons (Fsp3) is 0.600. The van der Waals surface area contributed by atoms with Gasteiger partial charge in [-0.2, -0.15) is 0 Å². The van der Waals surface area contributed by atoms with E-state index < -0.39 is 11.6 Å². The van der Waals surface area contributed by atoms with Gasteiger partial charge in [0.1, 0.15) is 11.6 Å². The van der Waals surface area contributed by atoms with Crippen molar-refractivity contribution in [2.24, 2.45) is 5.73 Å². The van der Waals surface area contributed by atoms with Crippen molar-refractivity contribution in [2.75, 3.05) is 13.7 Å². The molecule has 0 saturated heterocycles. The van der Waals surface area contributed by atoms with Crippen molar-refractivity contribution in [2.45, 2.75) is 44.2 Å². The maximum absolute atomic E-state index is 14.1. The number of hydrogen-bond donors (Lipinski definition) is 1. The maximum Gasteiger partial charge on any atom is 0.131 e. The monoisotopic (exact) mass is 267 g/mol. The van der Waals surface area contributed by atoms with E-state index in [1.54, 1.807) is 12.1 Å². The second-order valence-corrected chi connectivity index (χ2v) is 5.07. The number of methoxy groups -OCH3 is 1. The van der Waals surface area contributed by atoms with Gasteiger partial charge in [-0.3, -0.25) is 0 Å². The summed E-state index contributed by atoms with van der Waals surface area (Å²) in [6, 6.07) is 4.40. The molecule has 4 heteroatoms. The summed E-state index contributed by atoms with van der Waals surface area (Å²) in [6.07, 6.45) is 3.97. The normalized spacial score (nSPS) is 19.4. The number of halogens is 1. The Hall–Kier alpha value is -1.13. The van der Waals surface area contributed by atoms with Crippen LogP contribution in [0.1, 0.15) is 44.2 Å². The molecule has 2 N–H and O–H groups in total. The fourth-order valence-electron chi connectivity index (χ4n) is 2.98. The van der Waals surface area contributed by atoms with E-state index in [9.17, 15) is 4.39 Å². The van der Waals surface area contributed by atoms with E-state index in [0.29, 0.717) is 17.9 Å². The van der Waals surface area contributed by atoms with E-state index >= 15 is 0 Å². The molecule has 1 atom stereocenters. The summed E-state index contributed by atoms with van der Waals surface area (Å²) in [5, 5.41) is 0. The van der Waals surface area contributed by atoms with Gasteiger partial charge in [0.05, 0.1) is 18.8 Å². The Morgan fingerprint density at radius 2 is 2.05 bits per heavy atom. The molecule has 1 unspecified atom stereocenters. The van der Waals surface area contributed by atoms with E-state index in [1.165, 1.54) is 13.2 Å². The van der Waals surface area contributed by atoms with Crippen LogP contribution in [-0.4, -0.2) is 19.3 Å². The summed E-state index contributed by atoms with van der Waals surface area (Å²) in [7, 11) is 1.52. The fourth-order valence-corrected chi connectivity index (χ4v) is 2.98. The zero-order valence-corrected chi connectivity index (χ0v) is 11.6. The first-order chi connectivity index (χ1) is 9.13. The average Bonchev–Trinajstić information content (AvgIpc) is 2.88. The highest BCUT2D eigenvalue weighted by Crippen LogP contribution is 2.42. The van der Waals surface area contributed by atoms with E-state index in [1.807, 2.05) is 6.92 Å².